The Kier molecular flexibility index (Phi) is 3.89. The highest BCUT2D eigenvalue weighted by molar-refractivity contribution is 7.16. The Morgan fingerprint density at radius 1 is 1.04 bits per heavy atom. The molecule has 1 N–H and O–H groups in total. The third-order valence-corrected chi connectivity index (χ3v) is 4.99. The summed E-state index contributed by atoms with van der Waals surface area (Å²) >= 11 is 3.04. The molecule has 0 saturated heterocycles. The molecule has 0 saturated carbocycles. The van der Waals surface area contributed by atoms with Crippen molar-refractivity contribution in [2.75, 3.05) is 5.32 Å². The molecule has 0 radical (unpaired) electrons. The minimum atomic E-state index is -0.183. The van der Waals surface area contributed by atoms with E-state index in [-0.39, 0.29) is 5.91 Å². The molecule has 24 heavy (non-hydrogen) atoms. The smallest absolute Gasteiger partial charge is 0.257 e. The second-order valence-corrected chi connectivity index (χ2v) is 6.69. The Balaban J connectivity index is 1.48. The standard InChI is InChI=1S/C16H11N5OS2/c22-15(11-3-5-12(6-4-11)21-9-17-18-10-21)20-16-19-13(8-24-16)14-2-1-7-23-14/h1-10H,(H,19,20,22). The molecule has 6 nitrogen and oxygen atoms in total. The van der Waals surface area contributed by atoms with Crippen molar-refractivity contribution in [3.05, 3.63) is 65.4 Å². The molecule has 4 rings (SSSR count). The highest BCUT2D eigenvalue weighted by Crippen LogP contribution is 2.28. The number of carbonyl (C=O) groups excluding carboxylic acids is 1. The fraction of sp³-hybridized carbons (Fsp3) is 0. The first-order chi connectivity index (χ1) is 11.8. The van der Waals surface area contributed by atoms with Gasteiger partial charge in [0.1, 0.15) is 12.7 Å². The Morgan fingerprint density at radius 3 is 2.54 bits per heavy atom. The van der Waals surface area contributed by atoms with Gasteiger partial charge in [-0.1, -0.05) is 6.07 Å². The van der Waals surface area contributed by atoms with E-state index in [1.54, 1.807) is 40.7 Å². The lowest BCUT2D eigenvalue weighted by atomic mass is 10.2. The molecule has 4 aromatic rings. The van der Waals surface area contributed by atoms with Crippen LogP contribution in [0, 0.1) is 0 Å². The van der Waals surface area contributed by atoms with Crippen molar-refractivity contribution >= 4 is 33.7 Å². The van der Waals surface area contributed by atoms with Crippen LogP contribution in [0.15, 0.2) is 59.8 Å². The lowest BCUT2D eigenvalue weighted by Crippen LogP contribution is -2.11. The molecule has 118 valence electrons. The summed E-state index contributed by atoms with van der Waals surface area (Å²) in [6, 6.07) is 11.2. The van der Waals surface area contributed by atoms with Crippen LogP contribution < -0.4 is 5.32 Å². The summed E-state index contributed by atoms with van der Waals surface area (Å²) in [6.07, 6.45) is 3.22. The summed E-state index contributed by atoms with van der Waals surface area (Å²) in [5.41, 5.74) is 2.35. The molecule has 0 unspecified atom stereocenters. The number of thiazole rings is 1. The Hall–Kier alpha value is -2.84. The van der Waals surface area contributed by atoms with Crippen molar-refractivity contribution in [2.45, 2.75) is 0 Å². The predicted octanol–water partition coefficient (Wildman–Crippen LogP) is 3.70. The molecular formula is C16H11N5OS2. The van der Waals surface area contributed by atoms with Crippen molar-refractivity contribution in [3.63, 3.8) is 0 Å². The van der Waals surface area contributed by atoms with Gasteiger partial charge in [-0.2, -0.15) is 0 Å². The summed E-state index contributed by atoms with van der Waals surface area (Å²) in [4.78, 5) is 17.9. The lowest BCUT2D eigenvalue weighted by Gasteiger charge is -2.04. The maximum Gasteiger partial charge on any atom is 0.257 e. The second kappa shape index (κ2) is 6.34. The van der Waals surface area contributed by atoms with Crippen LogP contribution >= 0.6 is 22.7 Å². The van der Waals surface area contributed by atoms with Gasteiger partial charge in [-0.05, 0) is 35.7 Å². The Bertz CT molecular complexity index is 943. The number of anilines is 1. The van der Waals surface area contributed by atoms with Crippen molar-refractivity contribution in [3.8, 4) is 16.3 Å². The van der Waals surface area contributed by atoms with Gasteiger partial charge in [0.25, 0.3) is 5.91 Å². The van der Waals surface area contributed by atoms with Gasteiger partial charge in [0.15, 0.2) is 5.13 Å². The number of aromatic nitrogens is 4. The van der Waals surface area contributed by atoms with E-state index >= 15 is 0 Å². The van der Waals surface area contributed by atoms with E-state index in [0.29, 0.717) is 10.7 Å². The van der Waals surface area contributed by atoms with Gasteiger partial charge in [0.05, 0.1) is 10.6 Å². The van der Waals surface area contributed by atoms with Crippen LogP contribution in [0.1, 0.15) is 10.4 Å². The Labute approximate surface area is 145 Å². The zero-order valence-electron chi connectivity index (χ0n) is 12.3. The summed E-state index contributed by atoms with van der Waals surface area (Å²) in [7, 11) is 0. The van der Waals surface area contributed by atoms with Crippen LogP contribution in [0.5, 0.6) is 0 Å². The highest BCUT2D eigenvalue weighted by atomic mass is 32.1. The Morgan fingerprint density at radius 2 is 1.83 bits per heavy atom. The first-order valence-electron chi connectivity index (χ1n) is 7.05. The zero-order valence-corrected chi connectivity index (χ0v) is 13.9. The number of amides is 1. The minimum absolute atomic E-state index is 0.183. The second-order valence-electron chi connectivity index (χ2n) is 4.89. The SMILES string of the molecule is O=C(Nc1nc(-c2cccs2)cs1)c1ccc(-n2cnnc2)cc1. The average Bonchev–Trinajstić information content (AvgIpc) is 3.36. The first kappa shape index (κ1) is 14.7. The number of thiophene rings is 1. The monoisotopic (exact) mass is 353 g/mol. The van der Waals surface area contributed by atoms with Crippen LogP contribution in [0.3, 0.4) is 0 Å². The number of nitrogens with one attached hydrogen (secondary N) is 1. The third kappa shape index (κ3) is 2.97. The maximum atomic E-state index is 12.3. The number of nitrogens with zero attached hydrogens (tertiary/aromatic N) is 4. The fourth-order valence-corrected chi connectivity index (χ4v) is 3.62. The average molecular weight is 353 g/mol. The molecule has 3 heterocycles. The summed E-state index contributed by atoms with van der Waals surface area (Å²) in [6.45, 7) is 0. The molecule has 3 aromatic heterocycles. The highest BCUT2D eigenvalue weighted by Gasteiger charge is 2.10. The molecule has 0 aliphatic carbocycles. The van der Waals surface area contributed by atoms with E-state index < -0.39 is 0 Å². The third-order valence-electron chi connectivity index (χ3n) is 3.34. The summed E-state index contributed by atoms with van der Waals surface area (Å²) < 4.78 is 1.77. The molecule has 0 aliphatic heterocycles. The fourth-order valence-electron chi connectivity index (χ4n) is 2.16. The van der Waals surface area contributed by atoms with E-state index in [4.69, 9.17) is 0 Å². The van der Waals surface area contributed by atoms with Gasteiger partial charge in [-0.25, -0.2) is 4.98 Å². The van der Waals surface area contributed by atoms with Crippen LogP contribution in [0.2, 0.25) is 0 Å². The van der Waals surface area contributed by atoms with Crippen LogP contribution in [-0.2, 0) is 0 Å². The molecule has 0 atom stereocenters. The normalized spacial score (nSPS) is 10.7. The van der Waals surface area contributed by atoms with E-state index in [1.165, 1.54) is 11.3 Å². The first-order valence-corrected chi connectivity index (χ1v) is 8.81. The molecule has 0 bridgehead atoms. The summed E-state index contributed by atoms with van der Waals surface area (Å²) in [5, 5.41) is 14.9. The topological polar surface area (TPSA) is 72.7 Å². The molecule has 0 spiro atoms. The number of hydrogen-bond acceptors (Lipinski definition) is 6. The lowest BCUT2D eigenvalue weighted by molar-refractivity contribution is 0.102. The number of carbonyl (C=O) groups is 1. The molecule has 0 aliphatic rings. The van der Waals surface area contributed by atoms with Gasteiger partial charge in [0, 0.05) is 16.6 Å². The molecule has 1 amide bonds. The minimum Gasteiger partial charge on any atom is -0.298 e. The van der Waals surface area contributed by atoms with Crippen molar-refractivity contribution < 1.29 is 4.79 Å². The van der Waals surface area contributed by atoms with Crippen molar-refractivity contribution in [1.29, 1.82) is 0 Å². The van der Waals surface area contributed by atoms with Gasteiger partial charge >= 0.3 is 0 Å². The van der Waals surface area contributed by atoms with Crippen LogP contribution in [-0.4, -0.2) is 25.7 Å². The number of rotatable bonds is 4. The zero-order chi connectivity index (χ0) is 16.4. The number of benzene rings is 1. The van der Waals surface area contributed by atoms with Crippen LogP contribution in [0.4, 0.5) is 5.13 Å². The quantitative estimate of drug-likeness (QED) is 0.607. The van der Waals surface area contributed by atoms with Gasteiger partial charge in [0.2, 0.25) is 0 Å². The number of hydrogen-bond donors (Lipinski definition) is 1. The van der Waals surface area contributed by atoms with Crippen LogP contribution in [0.25, 0.3) is 16.3 Å². The maximum absolute atomic E-state index is 12.3. The van der Waals surface area contributed by atoms with Gasteiger partial charge in [-0.15, -0.1) is 32.9 Å². The predicted molar refractivity (Wildman–Crippen MR) is 94.7 cm³/mol. The largest absolute Gasteiger partial charge is 0.298 e. The van der Waals surface area contributed by atoms with E-state index in [9.17, 15) is 4.79 Å². The van der Waals surface area contributed by atoms with Gasteiger partial charge in [-0.3, -0.25) is 14.7 Å². The van der Waals surface area contributed by atoms with E-state index in [1.807, 2.05) is 35.0 Å². The van der Waals surface area contributed by atoms with Crippen molar-refractivity contribution in [1.82, 2.24) is 19.7 Å². The molecule has 1 aromatic carbocycles. The van der Waals surface area contributed by atoms with E-state index in [2.05, 4.69) is 20.5 Å². The van der Waals surface area contributed by atoms with Crippen molar-refractivity contribution in [2.24, 2.45) is 0 Å². The van der Waals surface area contributed by atoms with E-state index in [0.717, 1.165) is 16.3 Å². The molecule has 8 heteroatoms. The summed E-state index contributed by atoms with van der Waals surface area (Å²) in [5.74, 6) is -0.183. The molecular weight excluding hydrogens is 342 g/mol. The molecule has 0 fully saturated rings. The van der Waals surface area contributed by atoms with Gasteiger partial charge < -0.3 is 0 Å².